The van der Waals surface area contributed by atoms with Crippen molar-refractivity contribution in [1.29, 1.82) is 0 Å². The Labute approximate surface area is 246 Å². The van der Waals surface area contributed by atoms with Crippen LogP contribution in [0, 0.1) is 0 Å². The van der Waals surface area contributed by atoms with Crippen LogP contribution in [0.5, 0.6) is 11.5 Å². The predicted molar refractivity (Wildman–Crippen MR) is 163 cm³/mol. The lowest BCUT2D eigenvalue weighted by molar-refractivity contribution is -0.128. The summed E-state index contributed by atoms with van der Waals surface area (Å²) in [7, 11) is 1.46. The molecule has 9 heteroatoms. The Morgan fingerprint density at radius 3 is 2.43 bits per heavy atom. The summed E-state index contributed by atoms with van der Waals surface area (Å²) in [5.41, 5.74) is 3.10. The summed E-state index contributed by atoms with van der Waals surface area (Å²) in [6.07, 6.45) is 6.02. The van der Waals surface area contributed by atoms with E-state index in [9.17, 15) is 14.7 Å². The minimum absolute atomic E-state index is 0.120. The SMILES string of the molecule is COc1ccc([C@@H](C(=O)NC(C)(C)C)N(C(=O)Cn2nnc3ccccc32)c2ccc(C3CCCCC3)cc2)cc1O. The molecule has 5 rings (SSSR count). The number of rotatable bonds is 8. The zero-order chi connectivity index (χ0) is 29.9. The second kappa shape index (κ2) is 12.2. The Hall–Kier alpha value is -4.40. The van der Waals surface area contributed by atoms with Gasteiger partial charge in [-0.15, -0.1) is 5.10 Å². The van der Waals surface area contributed by atoms with E-state index in [4.69, 9.17) is 4.74 Å². The molecule has 0 spiro atoms. The van der Waals surface area contributed by atoms with E-state index < -0.39 is 11.6 Å². The molecule has 1 aliphatic rings. The maximum absolute atomic E-state index is 14.3. The largest absolute Gasteiger partial charge is 0.504 e. The van der Waals surface area contributed by atoms with Crippen molar-refractivity contribution in [2.75, 3.05) is 12.0 Å². The summed E-state index contributed by atoms with van der Waals surface area (Å²) in [6.45, 7) is 5.53. The molecule has 0 bridgehead atoms. The van der Waals surface area contributed by atoms with Gasteiger partial charge in [-0.1, -0.05) is 54.8 Å². The summed E-state index contributed by atoms with van der Waals surface area (Å²) in [5, 5.41) is 22.1. The fraction of sp³-hybridized carbons (Fsp3) is 0.394. The fourth-order valence-corrected chi connectivity index (χ4v) is 5.75. The number of anilines is 1. The number of aromatic nitrogens is 3. The number of para-hydroxylation sites is 1. The molecule has 1 heterocycles. The van der Waals surface area contributed by atoms with Crippen molar-refractivity contribution in [3.63, 3.8) is 0 Å². The number of methoxy groups -OCH3 is 1. The van der Waals surface area contributed by atoms with E-state index >= 15 is 0 Å². The van der Waals surface area contributed by atoms with Crippen molar-refractivity contribution < 1.29 is 19.4 Å². The average Bonchev–Trinajstić information content (AvgIpc) is 3.38. The van der Waals surface area contributed by atoms with E-state index in [-0.39, 0.29) is 29.9 Å². The van der Waals surface area contributed by atoms with Gasteiger partial charge in [0.1, 0.15) is 18.1 Å². The minimum Gasteiger partial charge on any atom is -0.504 e. The van der Waals surface area contributed by atoms with Gasteiger partial charge < -0.3 is 15.2 Å². The highest BCUT2D eigenvalue weighted by Crippen LogP contribution is 2.37. The van der Waals surface area contributed by atoms with Crippen LogP contribution < -0.4 is 15.0 Å². The fourth-order valence-electron chi connectivity index (χ4n) is 5.75. The third kappa shape index (κ3) is 6.40. The first-order valence-corrected chi connectivity index (χ1v) is 14.5. The van der Waals surface area contributed by atoms with Crippen LogP contribution in [0.3, 0.4) is 0 Å². The molecule has 9 nitrogen and oxygen atoms in total. The first-order valence-electron chi connectivity index (χ1n) is 14.5. The van der Waals surface area contributed by atoms with Crippen LogP contribution >= 0.6 is 0 Å². The highest BCUT2D eigenvalue weighted by atomic mass is 16.5. The molecule has 1 atom stereocenters. The first kappa shape index (κ1) is 29.1. The Bertz CT molecular complexity index is 1550. The zero-order valence-corrected chi connectivity index (χ0v) is 24.7. The van der Waals surface area contributed by atoms with Crippen molar-refractivity contribution in [2.45, 2.75) is 76.9 Å². The number of nitrogens with zero attached hydrogens (tertiary/aromatic N) is 4. The van der Waals surface area contributed by atoms with E-state index in [1.807, 2.05) is 57.2 Å². The van der Waals surface area contributed by atoms with Crippen LogP contribution in [0.2, 0.25) is 0 Å². The molecule has 1 aromatic heterocycles. The molecule has 1 saturated carbocycles. The number of nitrogens with one attached hydrogen (secondary N) is 1. The molecule has 0 aliphatic heterocycles. The lowest BCUT2D eigenvalue weighted by atomic mass is 9.84. The van der Waals surface area contributed by atoms with Crippen LogP contribution in [0.25, 0.3) is 11.0 Å². The lowest BCUT2D eigenvalue weighted by Gasteiger charge is -2.34. The van der Waals surface area contributed by atoms with Crippen LogP contribution in [0.1, 0.15) is 76.0 Å². The van der Waals surface area contributed by atoms with Gasteiger partial charge in [0.25, 0.3) is 0 Å². The Morgan fingerprint density at radius 2 is 1.76 bits per heavy atom. The number of phenols is 1. The maximum atomic E-state index is 14.3. The van der Waals surface area contributed by atoms with Crippen LogP contribution in [0.4, 0.5) is 5.69 Å². The van der Waals surface area contributed by atoms with Crippen molar-refractivity contribution in [2.24, 2.45) is 0 Å². The maximum Gasteiger partial charge on any atom is 0.249 e. The van der Waals surface area contributed by atoms with E-state index in [1.165, 1.54) is 42.9 Å². The molecule has 42 heavy (non-hydrogen) atoms. The molecule has 4 aromatic rings. The second-order valence-electron chi connectivity index (χ2n) is 12.0. The second-order valence-corrected chi connectivity index (χ2v) is 12.0. The molecule has 1 fully saturated rings. The molecule has 0 saturated heterocycles. The molecule has 0 unspecified atom stereocenters. The number of phenolic OH excluding ortho intramolecular Hbond substituents is 1. The van der Waals surface area contributed by atoms with Gasteiger partial charge in [-0.05, 0) is 87.1 Å². The molecule has 220 valence electrons. The van der Waals surface area contributed by atoms with Gasteiger partial charge in [0, 0.05) is 11.2 Å². The van der Waals surface area contributed by atoms with Gasteiger partial charge >= 0.3 is 0 Å². The summed E-state index contributed by atoms with van der Waals surface area (Å²) >= 11 is 0. The molecule has 1 aliphatic carbocycles. The number of hydrogen-bond donors (Lipinski definition) is 2. The Kier molecular flexibility index (Phi) is 8.47. The van der Waals surface area contributed by atoms with Gasteiger partial charge in [-0.3, -0.25) is 14.5 Å². The van der Waals surface area contributed by atoms with E-state index in [0.717, 1.165) is 18.4 Å². The van der Waals surface area contributed by atoms with Crippen LogP contribution in [0.15, 0.2) is 66.7 Å². The van der Waals surface area contributed by atoms with Crippen molar-refractivity contribution in [1.82, 2.24) is 20.3 Å². The van der Waals surface area contributed by atoms with Crippen molar-refractivity contribution in [3.8, 4) is 11.5 Å². The van der Waals surface area contributed by atoms with Gasteiger partial charge in [0.15, 0.2) is 11.5 Å². The van der Waals surface area contributed by atoms with Gasteiger partial charge in [-0.25, -0.2) is 4.68 Å². The molecular weight excluding hydrogens is 530 g/mol. The van der Waals surface area contributed by atoms with E-state index in [0.29, 0.717) is 22.7 Å². The minimum atomic E-state index is -1.08. The lowest BCUT2D eigenvalue weighted by Crippen LogP contribution is -2.50. The number of fused-ring (bicyclic) bond motifs is 1. The van der Waals surface area contributed by atoms with Crippen LogP contribution in [-0.4, -0.2) is 44.6 Å². The molecule has 3 aromatic carbocycles. The third-order valence-corrected chi connectivity index (χ3v) is 7.75. The molecule has 0 radical (unpaired) electrons. The first-order chi connectivity index (χ1) is 20.1. The summed E-state index contributed by atoms with van der Waals surface area (Å²) in [6, 6.07) is 19.1. The normalized spacial score (nSPS) is 14.9. The summed E-state index contributed by atoms with van der Waals surface area (Å²) in [5.74, 6) is -0.0685. The van der Waals surface area contributed by atoms with Crippen molar-refractivity contribution in [3.05, 3.63) is 77.9 Å². The summed E-state index contributed by atoms with van der Waals surface area (Å²) < 4.78 is 6.79. The number of carbonyl (C=O) groups excluding carboxylic acids is 2. The van der Waals surface area contributed by atoms with Gasteiger partial charge in [-0.2, -0.15) is 0 Å². The number of hydrogen-bond acceptors (Lipinski definition) is 6. The number of aromatic hydroxyl groups is 1. The standard InChI is InChI=1S/C33H39N5O4/c1-33(2,3)34-32(41)31(24-16-19-29(42-4)28(39)20-24)38(25-17-14-23(15-18-25)22-10-6-5-7-11-22)30(40)21-37-27-13-9-8-12-26(27)35-36-37/h8-9,12-20,22,31,39H,5-7,10-11,21H2,1-4H3,(H,34,41)/t31-/m0/s1. The highest BCUT2D eigenvalue weighted by molar-refractivity contribution is 6.01. The molecule has 2 amide bonds. The third-order valence-electron chi connectivity index (χ3n) is 7.75. The number of ether oxygens (including phenoxy) is 1. The average molecular weight is 570 g/mol. The Balaban J connectivity index is 1.60. The van der Waals surface area contributed by atoms with Crippen LogP contribution in [-0.2, 0) is 16.1 Å². The quantitative estimate of drug-likeness (QED) is 0.274. The monoisotopic (exact) mass is 569 g/mol. The Morgan fingerprint density at radius 1 is 1.05 bits per heavy atom. The van der Waals surface area contributed by atoms with E-state index in [1.54, 1.807) is 16.8 Å². The van der Waals surface area contributed by atoms with Gasteiger partial charge in [0.05, 0.1) is 12.6 Å². The van der Waals surface area contributed by atoms with Gasteiger partial charge in [0.2, 0.25) is 11.8 Å². The number of benzene rings is 3. The zero-order valence-electron chi connectivity index (χ0n) is 24.7. The number of carbonyl (C=O) groups is 2. The number of amides is 2. The highest BCUT2D eigenvalue weighted by Gasteiger charge is 2.35. The molecule has 2 N–H and O–H groups in total. The summed E-state index contributed by atoms with van der Waals surface area (Å²) in [4.78, 5) is 29.8. The van der Waals surface area contributed by atoms with Crippen molar-refractivity contribution >= 4 is 28.5 Å². The molecular formula is C33H39N5O4. The predicted octanol–water partition coefficient (Wildman–Crippen LogP) is 5.88. The smallest absolute Gasteiger partial charge is 0.249 e. The van der Waals surface area contributed by atoms with E-state index in [2.05, 4.69) is 27.8 Å². The topological polar surface area (TPSA) is 110 Å².